The van der Waals surface area contributed by atoms with Crippen LogP contribution in [0.1, 0.15) is 33.6 Å². The van der Waals surface area contributed by atoms with Crippen LogP contribution in [0.25, 0.3) is 32.8 Å². The first-order chi connectivity index (χ1) is 21.4. The molecule has 5 heterocycles. The monoisotopic (exact) mass is 632 g/mol. The molecule has 8 rings (SSSR count). The number of phenolic OH excluding ortho intramolecular Hbond substituents is 1. The molecule has 4 fully saturated rings. The van der Waals surface area contributed by atoms with Crippen LogP contribution in [-0.2, 0) is 4.74 Å². The van der Waals surface area contributed by atoms with E-state index < -0.39 is 11.4 Å². The molecule has 1 aromatic heterocycles. The van der Waals surface area contributed by atoms with Gasteiger partial charge in [0.05, 0.1) is 11.1 Å². The van der Waals surface area contributed by atoms with E-state index in [1.54, 1.807) is 18.2 Å². The molecule has 1 unspecified atom stereocenters. The molecular weight excluding hydrogens is 595 g/mol. The number of carbonyl (C=O) groups is 1. The van der Waals surface area contributed by atoms with Crippen molar-refractivity contribution in [2.24, 2.45) is 0 Å². The zero-order valence-electron chi connectivity index (χ0n) is 26.2. The first-order valence-electron chi connectivity index (χ1n) is 15.5. The Morgan fingerprint density at radius 3 is 2.44 bits per heavy atom. The van der Waals surface area contributed by atoms with Gasteiger partial charge in [-0.15, -0.1) is 0 Å². The average molecular weight is 633 g/mol. The SMILES string of the molecule is CN(C)C1CN(c2nc(N3CC4CC[C@@H]3CN4C(=O)OC(C)(C)C)c3cc(Cl)c(-c4cc(O)cc5ccccc45)c(F)c3n2)C1. The van der Waals surface area contributed by atoms with Gasteiger partial charge in [-0.25, -0.2) is 14.2 Å². The summed E-state index contributed by atoms with van der Waals surface area (Å²) in [5.74, 6) is 0.557. The van der Waals surface area contributed by atoms with Gasteiger partial charge in [0.1, 0.15) is 22.7 Å². The lowest BCUT2D eigenvalue weighted by Gasteiger charge is -2.52. The molecule has 0 aliphatic carbocycles. The Labute approximate surface area is 267 Å². The van der Waals surface area contributed by atoms with Gasteiger partial charge in [0.15, 0.2) is 5.82 Å². The largest absolute Gasteiger partial charge is 0.508 e. The number of anilines is 2. The van der Waals surface area contributed by atoms with Gasteiger partial charge in [0.25, 0.3) is 0 Å². The van der Waals surface area contributed by atoms with Crippen molar-refractivity contribution in [2.45, 2.75) is 57.3 Å². The number of nitrogens with zero attached hydrogens (tertiary/aromatic N) is 6. The average Bonchev–Trinajstić information content (AvgIpc) is 2.95. The zero-order chi connectivity index (χ0) is 31.8. The number of rotatable bonds is 4. The highest BCUT2D eigenvalue weighted by atomic mass is 35.5. The minimum absolute atomic E-state index is 0.0177. The van der Waals surface area contributed by atoms with E-state index in [0.29, 0.717) is 41.8 Å². The van der Waals surface area contributed by atoms with Crippen molar-refractivity contribution in [3.63, 3.8) is 0 Å². The summed E-state index contributed by atoms with van der Waals surface area (Å²) in [4.78, 5) is 31.2. The number of carbonyl (C=O) groups excluding carboxylic acids is 1. The summed E-state index contributed by atoms with van der Waals surface area (Å²) >= 11 is 6.93. The predicted octanol–water partition coefficient (Wildman–Crippen LogP) is 6.29. The van der Waals surface area contributed by atoms with Gasteiger partial charge >= 0.3 is 6.09 Å². The van der Waals surface area contributed by atoms with Gasteiger partial charge < -0.3 is 29.4 Å². The van der Waals surface area contributed by atoms with Gasteiger partial charge in [0.2, 0.25) is 5.95 Å². The lowest BCUT2D eigenvalue weighted by molar-refractivity contribution is 0.000818. The molecule has 9 nitrogen and oxygen atoms in total. The quantitative estimate of drug-likeness (QED) is 0.281. The predicted molar refractivity (Wildman–Crippen MR) is 176 cm³/mol. The van der Waals surface area contributed by atoms with Crippen molar-refractivity contribution >= 4 is 51.1 Å². The number of aromatic hydroxyl groups is 1. The molecule has 1 N–H and O–H groups in total. The topological polar surface area (TPSA) is 85.3 Å². The number of fused-ring (bicyclic) bond motifs is 5. The van der Waals surface area contributed by atoms with Crippen LogP contribution in [0.15, 0.2) is 42.5 Å². The molecule has 2 bridgehead atoms. The first-order valence-corrected chi connectivity index (χ1v) is 15.8. The van der Waals surface area contributed by atoms with Crippen molar-refractivity contribution in [3.05, 3.63) is 53.3 Å². The standard InChI is InChI=1S/C34H38ClFN6O3/c1-34(2,3)45-33(44)42-18-20-10-11-21(42)17-41(20)31-26-14-27(35)28(25-13-23(43)12-19-8-6-7-9-24(19)25)29(36)30(26)37-32(38-31)40-15-22(16-40)39(4)5/h6-9,12-14,20-22,43H,10-11,15-18H2,1-5H3/t20-,21?/m1/s1. The molecule has 3 aromatic carbocycles. The second-order valence-corrected chi connectivity index (χ2v) is 14.1. The number of aromatic nitrogens is 2. The van der Waals surface area contributed by atoms with Crippen LogP contribution in [0.5, 0.6) is 5.75 Å². The molecule has 4 aromatic rings. The number of piperidine rings is 2. The Hall–Kier alpha value is -3.89. The third kappa shape index (κ3) is 5.27. The lowest BCUT2D eigenvalue weighted by atomic mass is 9.90. The van der Waals surface area contributed by atoms with Crippen LogP contribution < -0.4 is 9.80 Å². The molecular formula is C34H38ClFN6O3. The molecule has 4 aliphatic rings. The Morgan fingerprint density at radius 2 is 1.76 bits per heavy atom. The molecule has 0 saturated carbocycles. The second-order valence-electron chi connectivity index (χ2n) is 13.7. The minimum atomic E-state index is -0.584. The van der Waals surface area contributed by atoms with E-state index >= 15 is 4.39 Å². The maximum absolute atomic E-state index is 16.9. The van der Waals surface area contributed by atoms with Crippen molar-refractivity contribution in [1.29, 1.82) is 0 Å². The third-order valence-corrected chi connectivity index (χ3v) is 9.57. The van der Waals surface area contributed by atoms with Crippen molar-refractivity contribution in [2.75, 3.05) is 50.1 Å². The van der Waals surface area contributed by atoms with E-state index in [4.69, 9.17) is 26.3 Å². The number of phenols is 1. The van der Waals surface area contributed by atoms with Crippen molar-refractivity contribution in [3.8, 4) is 16.9 Å². The van der Waals surface area contributed by atoms with Crippen LogP contribution in [0.3, 0.4) is 0 Å². The van der Waals surface area contributed by atoms with E-state index in [1.165, 1.54) is 0 Å². The Balaban J connectivity index is 1.35. The zero-order valence-corrected chi connectivity index (χ0v) is 27.0. The maximum atomic E-state index is 16.9. The highest BCUT2D eigenvalue weighted by Gasteiger charge is 2.44. The second kappa shape index (κ2) is 10.9. The van der Waals surface area contributed by atoms with Crippen LogP contribution in [0.4, 0.5) is 21.0 Å². The maximum Gasteiger partial charge on any atom is 0.410 e. The van der Waals surface area contributed by atoms with Crippen LogP contribution in [0, 0.1) is 5.82 Å². The molecule has 0 radical (unpaired) electrons. The number of hydrogen-bond acceptors (Lipinski definition) is 8. The summed E-state index contributed by atoms with van der Waals surface area (Å²) in [6, 6.07) is 12.8. The Kier molecular flexibility index (Phi) is 7.20. The molecule has 2 atom stereocenters. The van der Waals surface area contributed by atoms with Gasteiger partial charge in [-0.2, -0.15) is 4.98 Å². The number of benzene rings is 3. The number of halogens is 2. The summed E-state index contributed by atoms with van der Waals surface area (Å²) in [6.45, 7) is 8.13. The summed E-state index contributed by atoms with van der Waals surface area (Å²) in [5.41, 5.74) is 0.288. The Bertz CT molecular complexity index is 1820. The number of amides is 1. The summed E-state index contributed by atoms with van der Waals surface area (Å²) < 4.78 is 22.7. The molecule has 4 aliphatic heterocycles. The fourth-order valence-electron chi connectivity index (χ4n) is 6.85. The lowest BCUT2D eigenvalue weighted by Crippen LogP contribution is -2.64. The fourth-order valence-corrected chi connectivity index (χ4v) is 7.15. The highest BCUT2D eigenvalue weighted by molar-refractivity contribution is 6.35. The van der Waals surface area contributed by atoms with Gasteiger partial charge in [-0.05, 0) is 82.2 Å². The normalized spacial score (nSPS) is 20.4. The van der Waals surface area contributed by atoms with E-state index in [9.17, 15) is 9.90 Å². The van der Waals surface area contributed by atoms with E-state index in [-0.39, 0.29) is 40.0 Å². The molecule has 4 saturated heterocycles. The van der Waals surface area contributed by atoms with E-state index in [0.717, 1.165) is 36.7 Å². The number of hydrogen-bond donors (Lipinski definition) is 1. The summed E-state index contributed by atoms with van der Waals surface area (Å²) in [6.07, 6.45) is 1.43. The highest BCUT2D eigenvalue weighted by Crippen LogP contribution is 2.44. The van der Waals surface area contributed by atoms with Gasteiger partial charge in [-0.3, -0.25) is 0 Å². The molecule has 1 amide bonds. The number of likely N-dealkylation sites (N-methyl/N-ethyl adjacent to an activating group) is 1. The minimum Gasteiger partial charge on any atom is -0.508 e. The molecule has 0 spiro atoms. The van der Waals surface area contributed by atoms with Crippen LogP contribution in [-0.4, -0.2) is 95.0 Å². The van der Waals surface area contributed by atoms with Crippen LogP contribution in [0.2, 0.25) is 5.02 Å². The fraction of sp³-hybridized carbons (Fsp3) is 0.441. The third-order valence-electron chi connectivity index (χ3n) is 9.27. The molecule has 11 heteroatoms. The molecule has 236 valence electrons. The van der Waals surface area contributed by atoms with Crippen molar-refractivity contribution < 1.29 is 19.0 Å². The van der Waals surface area contributed by atoms with Gasteiger partial charge in [-0.1, -0.05) is 35.9 Å². The van der Waals surface area contributed by atoms with E-state index in [2.05, 4.69) is 14.7 Å². The van der Waals surface area contributed by atoms with Crippen LogP contribution >= 0.6 is 11.6 Å². The smallest absolute Gasteiger partial charge is 0.410 e. The van der Waals surface area contributed by atoms with E-state index in [1.807, 2.05) is 64.0 Å². The number of piperazine rings is 1. The van der Waals surface area contributed by atoms with Gasteiger partial charge in [0, 0.05) is 49.2 Å². The summed E-state index contributed by atoms with van der Waals surface area (Å²) in [7, 11) is 4.09. The molecule has 45 heavy (non-hydrogen) atoms. The summed E-state index contributed by atoms with van der Waals surface area (Å²) in [5, 5.41) is 12.8. The Morgan fingerprint density at radius 1 is 1.02 bits per heavy atom. The first kappa shape index (κ1) is 29.8. The number of ether oxygens (including phenoxy) is 1. The van der Waals surface area contributed by atoms with Crippen molar-refractivity contribution in [1.82, 2.24) is 19.8 Å².